The first-order valence-electron chi connectivity index (χ1n) is 9.60. The van der Waals surface area contributed by atoms with Crippen molar-refractivity contribution >= 4 is 34.4 Å². The number of ether oxygens (including phenoxy) is 2. The van der Waals surface area contributed by atoms with Gasteiger partial charge in [0.05, 0.1) is 20.3 Å². The lowest BCUT2D eigenvalue weighted by atomic mass is 10.0. The summed E-state index contributed by atoms with van der Waals surface area (Å²) in [4.78, 5) is 15.0. The Bertz CT molecular complexity index is 1080. The largest absolute Gasteiger partial charge is 0.493 e. The van der Waals surface area contributed by atoms with E-state index in [1.807, 2.05) is 24.5 Å². The standard InChI is InChI=1S/C22H23FN4O2S/c1-24-13-20(30-14-27-6-8-29-9-7-27)15-10-17-18(12-26-22(17)25-11-15)16-4-3-5-19(23)21(16)28-2/h3-5,10-13H,1,6-9,14H2,2H3,(H,25,26)/b20-13-. The predicted molar refractivity (Wildman–Crippen MR) is 120 cm³/mol. The third kappa shape index (κ3) is 4.26. The lowest BCUT2D eigenvalue weighted by Crippen LogP contribution is -2.35. The van der Waals surface area contributed by atoms with Gasteiger partial charge in [-0.05, 0) is 18.9 Å². The normalized spacial score (nSPS) is 15.5. The minimum atomic E-state index is -0.397. The number of rotatable bonds is 7. The van der Waals surface area contributed by atoms with Gasteiger partial charge >= 0.3 is 0 Å². The summed E-state index contributed by atoms with van der Waals surface area (Å²) in [5, 5.41) is 0.887. The summed E-state index contributed by atoms with van der Waals surface area (Å²) in [7, 11) is 1.47. The van der Waals surface area contributed by atoms with Crippen molar-refractivity contribution in [1.29, 1.82) is 0 Å². The maximum atomic E-state index is 14.2. The second kappa shape index (κ2) is 9.42. The SMILES string of the molecule is C=N/C=C(\SCN1CCOCC1)c1cnc2[nH]cc(-c3cccc(F)c3OC)c2c1. The molecule has 8 heteroatoms. The molecule has 156 valence electrons. The topological polar surface area (TPSA) is 62.7 Å². The highest BCUT2D eigenvalue weighted by atomic mass is 32.2. The number of aromatic amines is 1. The minimum Gasteiger partial charge on any atom is -0.493 e. The minimum absolute atomic E-state index is 0.217. The van der Waals surface area contributed by atoms with Gasteiger partial charge in [0.25, 0.3) is 0 Å². The van der Waals surface area contributed by atoms with Gasteiger partial charge in [0.15, 0.2) is 11.6 Å². The van der Waals surface area contributed by atoms with Crippen molar-refractivity contribution in [2.75, 3.05) is 39.3 Å². The maximum absolute atomic E-state index is 14.2. The Hall–Kier alpha value is -2.68. The van der Waals surface area contributed by atoms with Crippen LogP contribution in [0.5, 0.6) is 5.75 Å². The summed E-state index contributed by atoms with van der Waals surface area (Å²) in [6, 6.07) is 6.95. The van der Waals surface area contributed by atoms with E-state index in [-0.39, 0.29) is 5.75 Å². The Morgan fingerprint density at radius 1 is 1.40 bits per heavy atom. The van der Waals surface area contributed by atoms with E-state index >= 15 is 0 Å². The fraction of sp³-hybridized carbons (Fsp3) is 0.273. The number of benzene rings is 1. The highest BCUT2D eigenvalue weighted by Gasteiger charge is 2.17. The molecule has 1 fully saturated rings. The quantitative estimate of drug-likeness (QED) is 0.568. The molecule has 0 aliphatic carbocycles. The number of methoxy groups -OCH3 is 1. The van der Waals surface area contributed by atoms with E-state index in [1.165, 1.54) is 13.2 Å². The molecule has 3 aromatic rings. The van der Waals surface area contributed by atoms with Crippen LogP contribution in [0.25, 0.3) is 27.1 Å². The van der Waals surface area contributed by atoms with Crippen molar-refractivity contribution in [2.45, 2.75) is 0 Å². The first-order chi connectivity index (χ1) is 14.7. The summed E-state index contributed by atoms with van der Waals surface area (Å²) in [5.74, 6) is 0.653. The summed E-state index contributed by atoms with van der Waals surface area (Å²) in [6.07, 6.45) is 5.40. The Morgan fingerprint density at radius 2 is 2.23 bits per heavy atom. The highest BCUT2D eigenvalue weighted by molar-refractivity contribution is 8.08. The molecule has 30 heavy (non-hydrogen) atoms. The van der Waals surface area contributed by atoms with E-state index < -0.39 is 5.82 Å². The lowest BCUT2D eigenvalue weighted by molar-refractivity contribution is 0.0474. The van der Waals surface area contributed by atoms with E-state index in [2.05, 4.69) is 26.6 Å². The highest BCUT2D eigenvalue weighted by Crippen LogP contribution is 2.38. The zero-order valence-electron chi connectivity index (χ0n) is 16.7. The summed E-state index contributed by atoms with van der Waals surface area (Å²) in [6.45, 7) is 6.96. The second-order valence-electron chi connectivity index (χ2n) is 6.82. The van der Waals surface area contributed by atoms with Gasteiger partial charge in [0.1, 0.15) is 5.65 Å². The molecule has 0 bridgehead atoms. The van der Waals surface area contributed by atoms with Crippen molar-refractivity contribution in [2.24, 2.45) is 4.99 Å². The molecule has 0 unspecified atom stereocenters. The van der Waals surface area contributed by atoms with E-state index in [0.29, 0.717) is 5.56 Å². The van der Waals surface area contributed by atoms with Gasteiger partial charge in [-0.3, -0.25) is 9.89 Å². The first-order valence-corrected chi connectivity index (χ1v) is 10.6. The van der Waals surface area contributed by atoms with Crippen molar-refractivity contribution in [3.8, 4) is 16.9 Å². The van der Waals surface area contributed by atoms with Crippen LogP contribution in [-0.4, -0.2) is 60.9 Å². The number of nitrogens with zero attached hydrogens (tertiary/aromatic N) is 3. The number of thioether (sulfide) groups is 1. The van der Waals surface area contributed by atoms with Gasteiger partial charge < -0.3 is 14.5 Å². The Kier molecular flexibility index (Phi) is 6.47. The fourth-order valence-electron chi connectivity index (χ4n) is 3.46. The van der Waals surface area contributed by atoms with Crippen LogP contribution in [0.1, 0.15) is 5.56 Å². The van der Waals surface area contributed by atoms with E-state index in [9.17, 15) is 4.39 Å². The third-order valence-corrected chi connectivity index (χ3v) is 6.14. The average Bonchev–Trinajstić information content (AvgIpc) is 3.20. The van der Waals surface area contributed by atoms with Gasteiger partial charge in [0, 0.05) is 64.5 Å². The van der Waals surface area contributed by atoms with Crippen molar-refractivity contribution in [3.63, 3.8) is 0 Å². The van der Waals surface area contributed by atoms with E-state index in [0.717, 1.165) is 59.2 Å². The monoisotopic (exact) mass is 426 g/mol. The molecule has 0 saturated carbocycles. The van der Waals surface area contributed by atoms with Gasteiger partial charge in [-0.15, -0.1) is 11.8 Å². The Labute approximate surface area is 178 Å². The number of aromatic nitrogens is 2. The van der Waals surface area contributed by atoms with Crippen LogP contribution in [0.2, 0.25) is 0 Å². The molecular weight excluding hydrogens is 403 g/mol. The zero-order valence-corrected chi connectivity index (χ0v) is 17.5. The van der Waals surface area contributed by atoms with Gasteiger partial charge in [0.2, 0.25) is 0 Å². The number of pyridine rings is 1. The molecule has 0 radical (unpaired) electrons. The lowest BCUT2D eigenvalue weighted by Gasteiger charge is -2.26. The fourth-order valence-corrected chi connectivity index (χ4v) is 4.47. The van der Waals surface area contributed by atoms with Crippen LogP contribution in [0, 0.1) is 5.82 Å². The predicted octanol–water partition coefficient (Wildman–Crippen LogP) is 4.40. The van der Waals surface area contributed by atoms with Crippen LogP contribution in [-0.2, 0) is 4.74 Å². The molecule has 3 heterocycles. The number of hydrogen-bond acceptors (Lipinski definition) is 6. The van der Waals surface area contributed by atoms with Crippen molar-refractivity contribution in [3.05, 3.63) is 54.2 Å². The molecule has 4 rings (SSSR count). The molecule has 1 aliphatic rings. The number of aliphatic imine (C=N–C) groups is 1. The van der Waals surface area contributed by atoms with Gasteiger partial charge in [-0.2, -0.15) is 0 Å². The third-order valence-electron chi connectivity index (χ3n) is 4.99. The number of morpholine rings is 1. The van der Waals surface area contributed by atoms with Crippen molar-refractivity contribution in [1.82, 2.24) is 14.9 Å². The number of H-pyrrole nitrogens is 1. The van der Waals surface area contributed by atoms with Gasteiger partial charge in [-0.25, -0.2) is 9.37 Å². The molecular formula is C22H23FN4O2S. The first kappa shape index (κ1) is 20.6. The second-order valence-corrected chi connectivity index (χ2v) is 7.81. The molecule has 1 saturated heterocycles. The van der Waals surface area contributed by atoms with Crippen LogP contribution in [0.3, 0.4) is 0 Å². The van der Waals surface area contributed by atoms with Gasteiger partial charge in [-0.1, -0.05) is 12.1 Å². The molecule has 0 spiro atoms. The molecule has 1 N–H and O–H groups in total. The molecule has 1 aromatic carbocycles. The molecule has 0 atom stereocenters. The zero-order chi connectivity index (χ0) is 20.9. The number of fused-ring (bicyclic) bond motifs is 1. The summed E-state index contributed by atoms with van der Waals surface area (Å²) >= 11 is 1.69. The number of nitrogens with one attached hydrogen (secondary N) is 1. The molecule has 2 aromatic heterocycles. The van der Waals surface area contributed by atoms with E-state index in [1.54, 1.807) is 24.0 Å². The number of hydrogen-bond donors (Lipinski definition) is 1. The van der Waals surface area contributed by atoms with E-state index in [4.69, 9.17) is 9.47 Å². The van der Waals surface area contributed by atoms with Crippen LogP contribution >= 0.6 is 11.8 Å². The van der Waals surface area contributed by atoms with Crippen LogP contribution < -0.4 is 4.74 Å². The molecule has 6 nitrogen and oxygen atoms in total. The number of para-hydroxylation sites is 1. The Balaban J connectivity index is 1.68. The summed E-state index contributed by atoms with van der Waals surface area (Å²) < 4.78 is 25.0. The Morgan fingerprint density at radius 3 is 3.00 bits per heavy atom. The maximum Gasteiger partial charge on any atom is 0.165 e. The van der Waals surface area contributed by atoms with Crippen LogP contribution in [0.4, 0.5) is 4.39 Å². The molecule has 1 aliphatic heterocycles. The van der Waals surface area contributed by atoms with Crippen molar-refractivity contribution < 1.29 is 13.9 Å². The van der Waals surface area contributed by atoms with Crippen LogP contribution in [0.15, 0.2) is 47.9 Å². The average molecular weight is 427 g/mol. The number of halogens is 1. The smallest absolute Gasteiger partial charge is 0.165 e. The summed E-state index contributed by atoms with van der Waals surface area (Å²) in [5.41, 5.74) is 3.17. The molecule has 0 amide bonds.